The SMILES string of the molecule is CC(COC(=O)c1cc(-c2ccc(NC(C)(C)C)cc2)cn1C)OC(C)(C)C. The number of aromatic nitrogens is 1. The Morgan fingerprint density at radius 2 is 1.68 bits per heavy atom. The first-order chi connectivity index (χ1) is 12.8. The van der Waals surface area contributed by atoms with Crippen molar-refractivity contribution in [3.63, 3.8) is 0 Å². The van der Waals surface area contributed by atoms with E-state index in [1.54, 1.807) is 4.57 Å². The van der Waals surface area contributed by atoms with Gasteiger partial charge in [0.25, 0.3) is 0 Å². The van der Waals surface area contributed by atoms with Crippen LogP contribution in [-0.4, -0.2) is 34.4 Å². The van der Waals surface area contributed by atoms with E-state index in [4.69, 9.17) is 9.47 Å². The minimum atomic E-state index is -0.343. The van der Waals surface area contributed by atoms with Gasteiger partial charge in [-0.2, -0.15) is 0 Å². The van der Waals surface area contributed by atoms with Crippen LogP contribution in [0.4, 0.5) is 5.69 Å². The summed E-state index contributed by atoms with van der Waals surface area (Å²) in [6.07, 6.45) is 1.78. The lowest BCUT2D eigenvalue weighted by Crippen LogP contribution is -2.29. The van der Waals surface area contributed by atoms with Crippen molar-refractivity contribution in [1.29, 1.82) is 0 Å². The molecule has 0 saturated carbocycles. The van der Waals surface area contributed by atoms with Gasteiger partial charge in [0.05, 0.1) is 11.7 Å². The number of rotatable bonds is 6. The average molecular weight is 387 g/mol. The second-order valence-corrected chi connectivity index (χ2v) is 9.32. The largest absolute Gasteiger partial charge is 0.458 e. The number of carbonyl (C=O) groups is 1. The molecule has 0 amide bonds. The van der Waals surface area contributed by atoms with Crippen LogP contribution in [0.15, 0.2) is 36.5 Å². The smallest absolute Gasteiger partial charge is 0.355 e. The maximum Gasteiger partial charge on any atom is 0.355 e. The predicted molar refractivity (Wildman–Crippen MR) is 115 cm³/mol. The molecule has 1 aromatic carbocycles. The fourth-order valence-electron chi connectivity index (χ4n) is 3.01. The van der Waals surface area contributed by atoms with Crippen LogP contribution in [0.3, 0.4) is 0 Å². The molecule has 0 aliphatic rings. The second kappa shape index (κ2) is 8.39. The van der Waals surface area contributed by atoms with Gasteiger partial charge in [-0.3, -0.25) is 0 Å². The third-order valence-electron chi connectivity index (χ3n) is 3.96. The molecule has 0 bridgehead atoms. The molecule has 2 rings (SSSR count). The summed E-state index contributed by atoms with van der Waals surface area (Å²) in [6, 6.07) is 10.1. The molecular formula is C23H34N2O3. The van der Waals surface area contributed by atoms with Crippen molar-refractivity contribution in [1.82, 2.24) is 4.57 Å². The number of hydrogen-bond donors (Lipinski definition) is 1. The zero-order chi connectivity index (χ0) is 21.1. The Balaban J connectivity index is 2.05. The predicted octanol–water partition coefficient (Wildman–Crippen LogP) is 5.26. The summed E-state index contributed by atoms with van der Waals surface area (Å²) in [5.74, 6) is -0.343. The van der Waals surface area contributed by atoms with Crippen LogP contribution in [-0.2, 0) is 16.5 Å². The van der Waals surface area contributed by atoms with Crippen molar-refractivity contribution in [3.8, 4) is 11.1 Å². The van der Waals surface area contributed by atoms with Crippen molar-refractivity contribution >= 4 is 11.7 Å². The summed E-state index contributed by atoms with van der Waals surface area (Å²) >= 11 is 0. The van der Waals surface area contributed by atoms with Crippen LogP contribution >= 0.6 is 0 Å². The lowest BCUT2D eigenvalue weighted by molar-refractivity contribution is -0.0755. The lowest BCUT2D eigenvalue weighted by Gasteiger charge is -2.24. The molecule has 1 atom stereocenters. The van der Waals surface area contributed by atoms with E-state index >= 15 is 0 Å². The number of carbonyl (C=O) groups excluding carboxylic acids is 1. The number of nitrogens with zero attached hydrogens (tertiary/aromatic N) is 1. The number of nitrogens with one attached hydrogen (secondary N) is 1. The highest BCUT2D eigenvalue weighted by atomic mass is 16.6. The third-order valence-corrected chi connectivity index (χ3v) is 3.96. The highest BCUT2D eigenvalue weighted by Gasteiger charge is 2.19. The van der Waals surface area contributed by atoms with Gasteiger partial charge in [0.15, 0.2) is 0 Å². The summed E-state index contributed by atoms with van der Waals surface area (Å²) < 4.78 is 13.0. The van der Waals surface area contributed by atoms with Crippen molar-refractivity contribution in [2.24, 2.45) is 7.05 Å². The van der Waals surface area contributed by atoms with Gasteiger partial charge < -0.3 is 19.4 Å². The molecule has 5 nitrogen and oxygen atoms in total. The minimum absolute atomic E-state index is 0.0129. The van der Waals surface area contributed by atoms with Crippen LogP contribution in [0.1, 0.15) is 59.0 Å². The van der Waals surface area contributed by atoms with Gasteiger partial charge in [-0.05, 0) is 72.2 Å². The second-order valence-electron chi connectivity index (χ2n) is 9.32. The van der Waals surface area contributed by atoms with Gasteiger partial charge in [-0.25, -0.2) is 4.79 Å². The standard InChI is InChI=1S/C23H34N2O3/c1-16(28-23(5,6)7)15-27-21(26)20-13-18(14-25(20)8)17-9-11-19(12-10-17)24-22(2,3)4/h9-14,16,24H,15H2,1-8H3. The molecule has 1 heterocycles. The number of ether oxygens (including phenoxy) is 2. The van der Waals surface area contributed by atoms with Crippen molar-refractivity contribution in [2.45, 2.75) is 65.7 Å². The summed E-state index contributed by atoms with van der Waals surface area (Å²) in [5, 5.41) is 3.45. The normalized spacial score (nSPS) is 13.3. The fourth-order valence-corrected chi connectivity index (χ4v) is 3.01. The quantitative estimate of drug-likeness (QED) is 0.688. The Labute approximate surface area is 169 Å². The van der Waals surface area contributed by atoms with E-state index in [1.807, 2.05) is 47.0 Å². The highest BCUT2D eigenvalue weighted by molar-refractivity contribution is 5.90. The number of hydrogen-bond acceptors (Lipinski definition) is 4. The van der Waals surface area contributed by atoms with Crippen LogP contribution in [0, 0.1) is 0 Å². The molecular weight excluding hydrogens is 352 g/mol. The van der Waals surface area contributed by atoms with E-state index in [2.05, 4.69) is 50.4 Å². The van der Waals surface area contributed by atoms with Gasteiger partial charge in [0.2, 0.25) is 0 Å². The van der Waals surface area contributed by atoms with Gasteiger partial charge in [0, 0.05) is 30.0 Å². The van der Waals surface area contributed by atoms with Crippen LogP contribution < -0.4 is 5.32 Å². The molecule has 2 aromatic rings. The Kier molecular flexibility index (Phi) is 6.60. The molecule has 154 valence electrons. The molecule has 0 saturated heterocycles. The average Bonchev–Trinajstić information content (AvgIpc) is 2.92. The first kappa shape index (κ1) is 22.0. The first-order valence-corrected chi connectivity index (χ1v) is 9.74. The Morgan fingerprint density at radius 1 is 1.07 bits per heavy atom. The van der Waals surface area contributed by atoms with Crippen molar-refractivity contribution in [2.75, 3.05) is 11.9 Å². The molecule has 0 aliphatic carbocycles. The molecule has 0 fully saturated rings. The molecule has 0 radical (unpaired) electrons. The van der Waals surface area contributed by atoms with Crippen molar-refractivity contribution in [3.05, 3.63) is 42.2 Å². The summed E-state index contributed by atoms with van der Waals surface area (Å²) in [7, 11) is 1.85. The van der Waals surface area contributed by atoms with Crippen LogP contribution in [0.2, 0.25) is 0 Å². The van der Waals surface area contributed by atoms with Crippen LogP contribution in [0.25, 0.3) is 11.1 Å². The Bertz CT molecular complexity index is 793. The number of esters is 1. The van der Waals surface area contributed by atoms with Gasteiger partial charge in [-0.1, -0.05) is 12.1 Å². The van der Waals surface area contributed by atoms with E-state index in [9.17, 15) is 4.79 Å². The summed E-state index contributed by atoms with van der Waals surface area (Å²) in [5.41, 5.74) is 3.38. The zero-order valence-corrected chi connectivity index (χ0v) is 18.4. The van der Waals surface area contributed by atoms with E-state index in [0.29, 0.717) is 5.69 Å². The number of aryl methyl sites for hydroxylation is 1. The third kappa shape index (κ3) is 6.71. The monoisotopic (exact) mass is 386 g/mol. The topological polar surface area (TPSA) is 52.5 Å². The first-order valence-electron chi connectivity index (χ1n) is 9.74. The van der Waals surface area contributed by atoms with E-state index in [0.717, 1.165) is 16.8 Å². The summed E-state index contributed by atoms with van der Waals surface area (Å²) in [4.78, 5) is 12.5. The van der Waals surface area contributed by atoms with Gasteiger partial charge >= 0.3 is 5.97 Å². The minimum Gasteiger partial charge on any atom is -0.458 e. The Hall–Kier alpha value is -2.27. The highest BCUT2D eigenvalue weighted by Crippen LogP contribution is 2.25. The van der Waals surface area contributed by atoms with E-state index in [-0.39, 0.29) is 29.8 Å². The molecule has 0 aliphatic heterocycles. The summed E-state index contributed by atoms with van der Waals surface area (Å²) in [6.45, 7) is 14.5. The van der Waals surface area contributed by atoms with Crippen LogP contribution in [0.5, 0.6) is 0 Å². The van der Waals surface area contributed by atoms with Crippen molar-refractivity contribution < 1.29 is 14.3 Å². The molecule has 1 unspecified atom stereocenters. The molecule has 5 heteroatoms. The number of anilines is 1. The lowest BCUT2D eigenvalue weighted by atomic mass is 10.1. The van der Waals surface area contributed by atoms with E-state index in [1.165, 1.54) is 0 Å². The molecule has 28 heavy (non-hydrogen) atoms. The molecule has 1 aromatic heterocycles. The van der Waals surface area contributed by atoms with Gasteiger partial charge in [-0.15, -0.1) is 0 Å². The van der Waals surface area contributed by atoms with Gasteiger partial charge in [0.1, 0.15) is 12.3 Å². The Morgan fingerprint density at radius 3 is 2.21 bits per heavy atom. The van der Waals surface area contributed by atoms with E-state index < -0.39 is 0 Å². The zero-order valence-electron chi connectivity index (χ0n) is 18.4. The number of benzene rings is 1. The molecule has 1 N–H and O–H groups in total. The fraction of sp³-hybridized carbons (Fsp3) is 0.522. The molecule has 0 spiro atoms. The maximum atomic E-state index is 12.5. The maximum absolute atomic E-state index is 12.5.